The molecule has 3 amide bonds. The summed E-state index contributed by atoms with van der Waals surface area (Å²) >= 11 is 0. The largest absolute Gasteiger partial charge is 0.338 e. The van der Waals surface area contributed by atoms with E-state index in [9.17, 15) is 9.59 Å². The first-order valence-electron chi connectivity index (χ1n) is 11.1. The molecule has 1 heterocycles. The van der Waals surface area contributed by atoms with Crippen LogP contribution in [0.2, 0.25) is 0 Å². The maximum absolute atomic E-state index is 12.4. The van der Waals surface area contributed by atoms with E-state index in [1.165, 1.54) is 0 Å². The third kappa shape index (κ3) is 9.34. The van der Waals surface area contributed by atoms with Gasteiger partial charge in [-0.25, -0.2) is 4.79 Å². The fourth-order valence-corrected chi connectivity index (χ4v) is 3.56. The van der Waals surface area contributed by atoms with Gasteiger partial charge in [-0.05, 0) is 72.6 Å². The molecule has 2 atom stereocenters. The molecule has 170 valence electrons. The predicted octanol–water partition coefficient (Wildman–Crippen LogP) is 2.37. The summed E-state index contributed by atoms with van der Waals surface area (Å²) in [5.74, 6) is 0.00356. The minimum absolute atomic E-state index is 0.00356. The van der Waals surface area contributed by atoms with Gasteiger partial charge in [0.05, 0.1) is 6.54 Å². The fraction of sp³-hybridized carbons (Fsp3) is 0.909. The van der Waals surface area contributed by atoms with Crippen LogP contribution in [-0.2, 0) is 4.79 Å². The Morgan fingerprint density at radius 3 is 2.34 bits per heavy atom. The SMILES string of the molecule is CC(C)N(C)CCCN(C)CC(NC(=O)NCC(=O)N1CCC[C@H]1C)C(C)(C)C. The molecule has 2 N–H and O–H groups in total. The van der Waals surface area contributed by atoms with Crippen molar-refractivity contribution in [2.24, 2.45) is 5.41 Å². The number of hydrogen-bond acceptors (Lipinski definition) is 4. The zero-order valence-corrected chi connectivity index (χ0v) is 20.0. The van der Waals surface area contributed by atoms with Crippen LogP contribution in [0.1, 0.15) is 60.8 Å². The van der Waals surface area contributed by atoms with E-state index in [-0.39, 0.29) is 36.0 Å². The molecule has 1 unspecified atom stereocenters. The van der Waals surface area contributed by atoms with Gasteiger partial charge in [0.1, 0.15) is 0 Å². The van der Waals surface area contributed by atoms with Crippen LogP contribution in [0.3, 0.4) is 0 Å². The van der Waals surface area contributed by atoms with Crippen molar-refractivity contribution in [3.8, 4) is 0 Å². The lowest BCUT2D eigenvalue weighted by Crippen LogP contribution is -2.54. The second-order valence-corrected chi connectivity index (χ2v) is 10.0. The van der Waals surface area contributed by atoms with E-state index in [2.05, 4.69) is 76.1 Å². The number of hydrogen-bond donors (Lipinski definition) is 2. The molecule has 1 fully saturated rings. The molecule has 0 aliphatic carbocycles. The molecule has 1 aliphatic heterocycles. The number of nitrogens with zero attached hydrogens (tertiary/aromatic N) is 3. The number of amides is 3. The van der Waals surface area contributed by atoms with Gasteiger partial charge in [-0.1, -0.05) is 20.8 Å². The van der Waals surface area contributed by atoms with Crippen LogP contribution in [0, 0.1) is 5.41 Å². The predicted molar refractivity (Wildman–Crippen MR) is 120 cm³/mol. The van der Waals surface area contributed by atoms with Crippen LogP contribution >= 0.6 is 0 Å². The summed E-state index contributed by atoms with van der Waals surface area (Å²) in [6, 6.07) is 0.562. The van der Waals surface area contributed by atoms with Gasteiger partial charge in [0.25, 0.3) is 0 Å². The summed E-state index contributed by atoms with van der Waals surface area (Å²) in [6.45, 7) is 16.6. The van der Waals surface area contributed by atoms with Crippen molar-refractivity contribution in [3.63, 3.8) is 0 Å². The number of nitrogens with one attached hydrogen (secondary N) is 2. The van der Waals surface area contributed by atoms with E-state index < -0.39 is 0 Å². The highest BCUT2D eigenvalue weighted by Gasteiger charge is 2.28. The van der Waals surface area contributed by atoms with Crippen LogP contribution in [-0.4, -0.2) is 91.6 Å². The Morgan fingerprint density at radius 1 is 1.17 bits per heavy atom. The molecule has 1 rings (SSSR count). The van der Waals surface area contributed by atoms with Crippen LogP contribution < -0.4 is 10.6 Å². The normalized spacial score (nSPS) is 18.6. The first-order chi connectivity index (χ1) is 13.4. The first kappa shape index (κ1) is 25.7. The summed E-state index contributed by atoms with van der Waals surface area (Å²) in [7, 11) is 4.25. The Kier molecular flexibility index (Phi) is 10.4. The van der Waals surface area contributed by atoms with Gasteiger partial charge >= 0.3 is 6.03 Å². The van der Waals surface area contributed by atoms with Crippen LogP contribution in [0.5, 0.6) is 0 Å². The fourth-order valence-electron chi connectivity index (χ4n) is 3.56. The van der Waals surface area contributed by atoms with Gasteiger partial charge in [-0.2, -0.15) is 0 Å². The number of urea groups is 1. The van der Waals surface area contributed by atoms with Crippen LogP contribution in [0.4, 0.5) is 4.79 Å². The molecule has 0 radical (unpaired) electrons. The Balaban J connectivity index is 2.45. The zero-order chi connectivity index (χ0) is 22.2. The summed E-state index contributed by atoms with van der Waals surface area (Å²) in [5, 5.41) is 5.85. The van der Waals surface area contributed by atoms with Crippen LogP contribution in [0.15, 0.2) is 0 Å². The molecular formula is C22H45N5O2. The third-order valence-electron chi connectivity index (χ3n) is 6.05. The highest BCUT2D eigenvalue weighted by molar-refractivity contribution is 5.84. The van der Waals surface area contributed by atoms with Gasteiger partial charge in [-0.3, -0.25) is 4.79 Å². The van der Waals surface area contributed by atoms with Crippen molar-refractivity contribution >= 4 is 11.9 Å². The van der Waals surface area contributed by atoms with Gasteiger partial charge in [0.2, 0.25) is 5.91 Å². The molecule has 7 nitrogen and oxygen atoms in total. The highest BCUT2D eigenvalue weighted by atomic mass is 16.2. The van der Waals surface area contributed by atoms with Gasteiger partial charge in [0, 0.05) is 31.2 Å². The van der Waals surface area contributed by atoms with Gasteiger partial charge < -0.3 is 25.3 Å². The minimum atomic E-state index is -0.266. The lowest BCUT2D eigenvalue weighted by atomic mass is 9.86. The summed E-state index contributed by atoms with van der Waals surface area (Å²) < 4.78 is 0. The van der Waals surface area contributed by atoms with E-state index in [0.29, 0.717) is 6.04 Å². The molecule has 7 heteroatoms. The Bertz CT molecular complexity index is 518. The zero-order valence-electron chi connectivity index (χ0n) is 20.0. The molecule has 1 saturated heterocycles. The lowest BCUT2D eigenvalue weighted by Gasteiger charge is -2.35. The molecule has 1 aliphatic rings. The Labute approximate surface area is 178 Å². The lowest BCUT2D eigenvalue weighted by molar-refractivity contribution is -0.130. The standard InChI is InChI=1S/C22H45N5O2/c1-17(2)26(8)13-10-12-25(7)16-19(22(4,5)6)24-21(29)23-15-20(28)27-14-9-11-18(27)3/h17-19H,9-16H2,1-8H3,(H2,23,24,29)/t18-,19?/m1/s1. The van der Waals surface area contributed by atoms with Crippen molar-refractivity contribution in [1.29, 1.82) is 0 Å². The van der Waals surface area contributed by atoms with E-state index in [1.54, 1.807) is 0 Å². The Hall–Kier alpha value is -1.34. The second-order valence-electron chi connectivity index (χ2n) is 10.0. The van der Waals surface area contributed by atoms with Crippen molar-refractivity contribution in [2.75, 3.05) is 46.8 Å². The molecule has 0 aromatic rings. The molecule has 0 aromatic carbocycles. The van der Waals surface area contributed by atoms with Crippen molar-refractivity contribution in [1.82, 2.24) is 25.3 Å². The van der Waals surface area contributed by atoms with Gasteiger partial charge in [-0.15, -0.1) is 0 Å². The first-order valence-corrected chi connectivity index (χ1v) is 11.1. The second kappa shape index (κ2) is 11.7. The minimum Gasteiger partial charge on any atom is -0.338 e. The maximum atomic E-state index is 12.4. The quantitative estimate of drug-likeness (QED) is 0.579. The molecule has 0 aromatic heterocycles. The average molecular weight is 412 g/mol. The summed E-state index contributed by atoms with van der Waals surface area (Å²) in [5.41, 5.74) is -0.0756. The maximum Gasteiger partial charge on any atom is 0.315 e. The third-order valence-corrected chi connectivity index (χ3v) is 6.05. The monoisotopic (exact) mass is 411 g/mol. The summed E-state index contributed by atoms with van der Waals surface area (Å²) in [4.78, 5) is 31.2. The average Bonchev–Trinajstić information content (AvgIpc) is 3.04. The van der Waals surface area contributed by atoms with Crippen LogP contribution in [0.25, 0.3) is 0 Å². The molecule has 0 saturated carbocycles. The molecule has 0 bridgehead atoms. The smallest absolute Gasteiger partial charge is 0.315 e. The topological polar surface area (TPSA) is 67.9 Å². The Morgan fingerprint density at radius 2 is 1.83 bits per heavy atom. The van der Waals surface area contributed by atoms with Gasteiger partial charge in [0.15, 0.2) is 0 Å². The molecule has 0 spiro atoms. The number of carbonyl (C=O) groups excluding carboxylic acids is 2. The molecular weight excluding hydrogens is 366 g/mol. The van der Waals surface area contributed by atoms with E-state index >= 15 is 0 Å². The van der Waals surface area contributed by atoms with Crippen molar-refractivity contribution < 1.29 is 9.59 Å². The summed E-state index contributed by atoms with van der Waals surface area (Å²) in [6.07, 6.45) is 3.19. The van der Waals surface area contributed by atoms with Crippen molar-refractivity contribution in [2.45, 2.75) is 78.9 Å². The number of rotatable bonds is 10. The number of likely N-dealkylation sites (N-methyl/N-ethyl adjacent to an activating group) is 1. The van der Waals surface area contributed by atoms with E-state index in [0.717, 1.165) is 45.4 Å². The van der Waals surface area contributed by atoms with E-state index in [1.807, 2.05) is 4.90 Å². The van der Waals surface area contributed by atoms with Crippen molar-refractivity contribution in [3.05, 3.63) is 0 Å². The highest BCUT2D eigenvalue weighted by Crippen LogP contribution is 2.20. The van der Waals surface area contributed by atoms with E-state index in [4.69, 9.17) is 0 Å². The number of likely N-dealkylation sites (tertiary alicyclic amines) is 1. The number of carbonyl (C=O) groups is 2. The molecule has 29 heavy (non-hydrogen) atoms.